The largest absolute Gasteiger partial charge is 0.409 e. The number of hydrogen-bond donors (Lipinski definition) is 2. The minimum atomic E-state index is 0.103. The molecule has 1 heterocycles. The Morgan fingerprint density at radius 1 is 1.40 bits per heavy atom. The number of oxime groups is 1. The predicted molar refractivity (Wildman–Crippen MR) is 78.9 cm³/mol. The third kappa shape index (κ3) is 2.44. The second-order valence-corrected chi connectivity index (χ2v) is 5.53. The number of amidine groups is 1. The molecule has 0 spiro atoms. The molecule has 0 radical (unpaired) electrons. The van der Waals surface area contributed by atoms with Crippen LogP contribution < -0.4 is 10.6 Å². The van der Waals surface area contributed by atoms with Crippen molar-refractivity contribution < 1.29 is 5.21 Å². The third-order valence-corrected chi connectivity index (χ3v) is 4.13. The Kier molecular flexibility index (Phi) is 3.27. The molecule has 0 amide bonds. The Morgan fingerprint density at radius 2 is 2.10 bits per heavy atom. The van der Waals surface area contributed by atoms with Crippen LogP contribution >= 0.6 is 11.5 Å². The van der Waals surface area contributed by atoms with E-state index in [-0.39, 0.29) is 5.84 Å². The van der Waals surface area contributed by atoms with Gasteiger partial charge in [-0.3, -0.25) is 0 Å². The van der Waals surface area contributed by atoms with Gasteiger partial charge in [0.2, 0.25) is 5.13 Å². The van der Waals surface area contributed by atoms with E-state index in [1.165, 1.54) is 24.4 Å². The highest BCUT2D eigenvalue weighted by Gasteiger charge is 2.28. The Bertz CT molecular complexity index is 632. The van der Waals surface area contributed by atoms with Crippen LogP contribution in [0.4, 0.5) is 10.8 Å². The average Bonchev–Trinajstić information content (AvgIpc) is 3.23. The van der Waals surface area contributed by atoms with Crippen LogP contribution in [0.15, 0.2) is 29.4 Å². The van der Waals surface area contributed by atoms with Crippen molar-refractivity contribution in [3.63, 3.8) is 0 Å². The summed E-state index contributed by atoms with van der Waals surface area (Å²) >= 11 is 1.41. The number of nitrogens with zero attached hydrogens (tertiary/aromatic N) is 4. The maximum absolute atomic E-state index is 8.64. The lowest BCUT2D eigenvalue weighted by Crippen LogP contribution is -2.14. The van der Waals surface area contributed by atoms with E-state index in [1.807, 2.05) is 36.2 Å². The Morgan fingerprint density at radius 3 is 2.70 bits per heavy atom. The molecule has 1 saturated carbocycles. The molecule has 0 aliphatic heterocycles. The molecule has 2 aromatic rings. The van der Waals surface area contributed by atoms with Gasteiger partial charge in [-0.1, -0.05) is 5.16 Å². The first-order chi connectivity index (χ1) is 9.69. The van der Waals surface area contributed by atoms with Gasteiger partial charge < -0.3 is 15.8 Å². The molecule has 6 nitrogen and oxygen atoms in total. The van der Waals surface area contributed by atoms with Crippen LogP contribution in [0.25, 0.3) is 0 Å². The fourth-order valence-corrected chi connectivity index (χ4v) is 2.62. The molecule has 0 unspecified atom stereocenters. The van der Waals surface area contributed by atoms with Gasteiger partial charge in [0.1, 0.15) is 5.82 Å². The zero-order valence-corrected chi connectivity index (χ0v) is 11.8. The molecule has 3 N–H and O–H groups in total. The zero-order chi connectivity index (χ0) is 14.1. The van der Waals surface area contributed by atoms with Gasteiger partial charge in [-0.25, -0.2) is 4.98 Å². The molecule has 0 atom stereocenters. The van der Waals surface area contributed by atoms with Crippen molar-refractivity contribution in [3.8, 4) is 0 Å². The molecule has 1 aromatic heterocycles. The molecule has 1 aliphatic rings. The van der Waals surface area contributed by atoms with Crippen LogP contribution in [0.5, 0.6) is 0 Å². The average molecular weight is 289 g/mol. The van der Waals surface area contributed by atoms with E-state index >= 15 is 0 Å². The molecule has 0 bridgehead atoms. The van der Waals surface area contributed by atoms with Gasteiger partial charge in [0.25, 0.3) is 0 Å². The number of aromatic nitrogens is 2. The van der Waals surface area contributed by atoms with Crippen LogP contribution in [0.2, 0.25) is 0 Å². The van der Waals surface area contributed by atoms with Gasteiger partial charge in [-0.05, 0) is 37.1 Å². The highest BCUT2D eigenvalue weighted by atomic mass is 32.1. The number of hydrogen-bond acceptors (Lipinski definition) is 6. The lowest BCUT2D eigenvalue weighted by molar-refractivity contribution is 0.318. The molecule has 1 aromatic carbocycles. The van der Waals surface area contributed by atoms with Gasteiger partial charge in [0.15, 0.2) is 5.84 Å². The first-order valence-corrected chi connectivity index (χ1v) is 7.11. The SMILES string of the molecule is CN(c1ccc(C(N)=NO)cc1)c1nc(C2CC2)ns1. The summed E-state index contributed by atoms with van der Waals surface area (Å²) < 4.78 is 4.40. The normalized spacial score (nSPS) is 15.3. The van der Waals surface area contributed by atoms with E-state index in [4.69, 9.17) is 10.9 Å². The van der Waals surface area contributed by atoms with E-state index in [9.17, 15) is 0 Å². The summed E-state index contributed by atoms with van der Waals surface area (Å²) in [6.07, 6.45) is 2.41. The second kappa shape index (κ2) is 5.09. The van der Waals surface area contributed by atoms with Gasteiger partial charge in [-0.2, -0.15) is 4.37 Å². The van der Waals surface area contributed by atoms with Crippen LogP contribution in [-0.4, -0.2) is 27.4 Å². The van der Waals surface area contributed by atoms with Crippen LogP contribution in [-0.2, 0) is 0 Å². The number of nitrogens with two attached hydrogens (primary N) is 1. The molecule has 104 valence electrons. The van der Waals surface area contributed by atoms with E-state index < -0.39 is 0 Å². The zero-order valence-electron chi connectivity index (χ0n) is 11.0. The number of rotatable bonds is 4. The lowest BCUT2D eigenvalue weighted by atomic mass is 10.2. The van der Waals surface area contributed by atoms with Gasteiger partial charge >= 0.3 is 0 Å². The summed E-state index contributed by atoms with van der Waals surface area (Å²) in [6.45, 7) is 0. The van der Waals surface area contributed by atoms with Crippen molar-refractivity contribution in [1.82, 2.24) is 9.36 Å². The summed E-state index contributed by atoms with van der Waals surface area (Å²) in [5.74, 6) is 1.63. The fourth-order valence-electron chi connectivity index (χ4n) is 1.89. The van der Waals surface area contributed by atoms with Gasteiger partial charge in [0.05, 0.1) is 0 Å². The highest BCUT2D eigenvalue weighted by Crippen LogP contribution is 2.40. The molecule has 1 aliphatic carbocycles. The molecule has 7 heteroatoms. The molecule has 1 fully saturated rings. The maximum atomic E-state index is 8.64. The molecule has 20 heavy (non-hydrogen) atoms. The molecular formula is C13H15N5OS. The minimum absolute atomic E-state index is 0.103. The summed E-state index contributed by atoms with van der Waals surface area (Å²) in [7, 11) is 1.95. The Hall–Kier alpha value is -2.15. The summed E-state index contributed by atoms with van der Waals surface area (Å²) in [6, 6.07) is 7.44. The first-order valence-electron chi connectivity index (χ1n) is 6.34. The minimum Gasteiger partial charge on any atom is -0.409 e. The van der Waals surface area contributed by atoms with E-state index in [0.717, 1.165) is 16.6 Å². The maximum Gasteiger partial charge on any atom is 0.209 e. The van der Waals surface area contributed by atoms with Crippen molar-refractivity contribution in [3.05, 3.63) is 35.7 Å². The van der Waals surface area contributed by atoms with E-state index in [2.05, 4.69) is 14.5 Å². The topological polar surface area (TPSA) is 87.6 Å². The van der Waals surface area contributed by atoms with E-state index in [1.54, 1.807) is 0 Å². The van der Waals surface area contributed by atoms with Crippen molar-refractivity contribution in [2.45, 2.75) is 18.8 Å². The number of benzene rings is 1. The van der Waals surface area contributed by atoms with Gasteiger partial charge in [0, 0.05) is 35.7 Å². The van der Waals surface area contributed by atoms with Crippen molar-refractivity contribution in [2.75, 3.05) is 11.9 Å². The van der Waals surface area contributed by atoms with E-state index in [0.29, 0.717) is 11.5 Å². The summed E-state index contributed by atoms with van der Waals surface area (Å²) in [5.41, 5.74) is 7.21. The fraction of sp³-hybridized carbons (Fsp3) is 0.308. The van der Waals surface area contributed by atoms with Crippen LogP contribution in [0, 0.1) is 0 Å². The van der Waals surface area contributed by atoms with Crippen molar-refractivity contribution in [1.29, 1.82) is 0 Å². The Balaban J connectivity index is 1.80. The predicted octanol–water partition coefficient (Wildman–Crippen LogP) is 2.28. The molecule has 0 saturated heterocycles. The van der Waals surface area contributed by atoms with Gasteiger partial charge in [-0.15, -0.1) is 0 Å². The summed E-state index contributed by atoms with van der Waals surface area (Å²) in [4.78, 5) is 6.55. The summed E-state index contributed by atoms with van der Waals surface area (Å²) in [5, 5.41) is 12.5. The first kappa shape index (κ1) is 12.9. The Labute approximate surface area is 120 Å². The standard InChI is InChI=1S/C13H15N5OS/c1-18(13-15-12(17-20-13)9-2-3-9)10-6-4-8(5-7-10)11(14)16-19/h4-7,9,19H,2-3H2,1H3,(H2,14,16). The third-order valence-electron chi connectivity index (χ3n) is 3.32. The quantitative estimate of drug-likeness (QED) is 0.390. The second-order valence-electron chi connectivity index (χ2n) is 4.80. The monoisotopic (exact) mass is 289 g/mol. The van der Waals surface area contributed by atoms with Crippen LogP contribution in [0.1, 0.15) is 30.1 Å². The van der Waals surface area contributed by atoms with Crippen molar-refractivity contribution >= 4 is 28.2 Å². The highest BCUT2D eigenvalue weighted by molar-refractivity contribution is 7.09. The molecular weight excluding hydrogens is 274 g/mol. The smallest absolute Gasteiger partial charge is 0.209 e. The lowest BCUT2D eigenvalue weighted by Gasteiger charge is -2.15. The van der Waals surface area contributed by atoms with Crippen molar-refractivity contribution in [2.24, 2.45) is 10.9 Å². The molecule has 3 rings (SSSR count). The van der Waals surface area contributed by atoms with Crippen LogP contribution in [0.3, 0.4) is 0 Å². The number of anilines is 2.